The van der Waals surface area contributed by atoms with Gasteiger partial charge < -0.3 is 36.0 Å². The highest BCUT2D eigenvalue weighted by molar-refractivity contribution is 5.99. The van der Waals surface area contributed by atoms with Crippen molar-refractivity contribution in [3.63, 3.8) is 0 Å². The van der Waals surface area contributed by atoms with Crippen molar-refractivity contribution >= 4 is 17.4 Å². The van der Waals surface area contributed by atoms with Crippen LogP contribution in [-0.2, 0) is 17.8 Å². The summed E-state index contributed by atoms with van der Waals surface area (Å²) < 4.78 is 5.79. The summed E-state index contributed by atoms with van der Waals surface area (Å²) in [4.78, 5) is 12.2. The third-order valence-corrected chi connectivity index (χ3v) is 6.61. The third kappa shape index (κ3) is 11.8. The number of hydrogen-bond donors (Lipinski definition) is 6. The number of anilines is 2. The highest BCUT2D eigenvalue weighted by Gasteiger charge is 2.10. The van der Waals surface area contributed by atoms with Crippen LogP contribution in [0.3, 0.4) is 0 Å². The number of phenols is 1. The van der Waals surface area contributed by atoms with Gasteiger partial charge in [-0.1, -0.05) is 49.2 Å². The van der Waals surface area contributed by atoms with Gasteiger partial charge in [0.1, 0.15) is 5.75 Å². The van der Waals surface area contributed by atoms with E-state index in [-0.39, 0.29) is 18.4 Å². The quantitative estimate of drug-likeness (QED) is 0.112. The molecule has 0 saturated heterocycles. The lowest BCUT2D eigenvalue weighted by molar-refractivity contribution is 0.126. The summed E-state index contributed by atoms with van der Waals surface area (Å²) in [5.74, 6) is 0.0393. The van der Waals surface area contributed by atoms with Crippen LogP contribution in [0.4, 0.5) is 16.2 Å². The normalized spacial score (nSPS) is 11.8. The fourth-order valence-electron chi connectivity index (χ4n) is 4.36. The molecule has 3 aromatic carbocycles. The van der Waals surface area contributed by atoms with Gasteiger partial charge in [0.2, 0.25) is 0 Å². The largest absolute Gasteiger partial charge is 0.508 e. The fourth-order valence-corrected chi connectivity index (χ4v) is 4.36. The molecule has 1 atom stereocenters. The molecule has 0 fully saturated rings. The summed E-state index contributed by atoms with van der Waals surface area (Å²) in [6.07, 6.45) is 6.59. The SMILES string of the molecule is O=C(Nc1ccccc1)Nc1cccc(CCCCOCCCCCCNC[C@H](O)c2ccc(O)c(CO)c2)c1. The Bertz CT molecular complexity index is 1140. The van der Waals surface area contributed by atoms with Crippen molar-refractivity contribution in [2.45, 2.75) is 57.7 Å². The maximum absolute atomic E-state index is 12.2. The summed E-state index contributed by atoms with van der Waals surface area (Å²) in [6.45, 7) is 2.54. The van der Waals surface area contributed by atoms with Gasteiger partial charge in [0.25, 0.3) is 0 Å². The number of nitrogens with one attached hydrogen (secondary N) is 3. The van der Waals surface area contributed by atoms with Gasteiger partial charge in [0.05, 0.1) is 12.7 Å². The van der Waals surface area contributed by atoms with E-state index in [0.717, 1.165) is 76.1 Å². The lowest BCUT2D eigenvalue weighted by Gasteiger charge is -2.14. The molecule has 8 nitrogen and oxygen atoms in total. The lowest BCUT2D eigenvalue weighted by atomic mass is 10.1. The zero-order valence-corrected chi connectivity index (χ0v) is 23.1. The number of carbonyl (C=O) groups excluding carboxylic acids is 1. The number of aliphatic hydroxyl groups is 2. The highest BCUT2D eigenvalue weighted by atomic mass is 16.5. The van der Waals surface area contributed by atoms with Crippen LogP contribution in [-0.4, -0.2) is 47.7 Å². The predicted molar refractivity (Wildman–Crippen MR) is 160 cm³/mol. The summed E-state index contributed by atoms with van der Waals surface area (Å²) >= 11 is 0. The topological polar surface area (TPSA) is 123 Å². The van der Waals surface area contributed by atoms with Crippen molar-refractivity contribution in [3.8, 4) is 5.75 Å². The second-order valence-corrected chi connectivity index (χ2v) is 9.90. The zero-order chi connectivity index (χ0) is 28.4. The maximum atomic E-state index is 12.2. The Hall–Kier alpha value is -3.43. The van der Waals surface area contributed by atoms with Crippen LogP contribution in [0, 0.1) is 0 Å². The number of hydrogen-bond acceptors (Lipinski definition) is 6. The lowest BCUT2D eigenvalue weighted by Crippen LogP contribution is -2.22. The molecule has 0 bridgehead atoms. The molecule has 6 N–H and O–H groups in total. The van der Waals surface area contributed by atoms with E-state index in [9.17, 15) is 20.1 Å². The molecule has 0 unspecified atom stereocenters. The van der Waals surface area contributed by atoms with Crippen LogP contribution in [0.2, 0.25) is 0 Å². The van der Waals surface area contributed by atoms with Gasteiger partial charge in [-0.05, 0) is 86.2 Å². The first-order valence-electron chi connectivity index (χ1n) is 14.2. The molecular formula is C32H43N3O5. The van der Waals surface area contributed by atoms with Crippen molar-refractivity contribution in [2.75, 3.05) is 36.9 Å². The van der Waals surface area contributed by atoms with Crippen molar-refractivity contribution in [3.05, 3.63) is 89.5 Å². The number of para-hydroxylation sites is 1. The van der Waals surface area contributed by atoms with Crippen LogP contribution in [0.15, 0.2) is 72.8 Å². The van der Waals surface area contributed by atoms with Crippen LogP contribution >= 0.6 is 0 Å². The number of aliphatic hydroxyl groups excluding tert-OH is 2. The van der Waals surface area contributed by atoms with Gasteiger partial charge in [-0.3, -0.25) is 0 Å². The van der Waals surface area contributed by atoms with Crippen molar-refractivity contribution in [2.24, 2.45) is 0 Å². The van der Waals surface area contributed by atoms with E-state index in [1.165, 1.54) is 11.6 Å². The monoisotopic (exact) mass is 549 g/mol. The summed E-state index contributed by atoms with van der Waals surface area (Å²) in [5, 5.41) is 38.1. The maximum Gasteiger partial charge on any atom is 0.323 e. The van der Waals surface area contributed by atoms with E-state index in [2.05, 4.69) is 22.0 Å². The molecule has 8 heteroatoms. The standard InChI is InChI=1S/C32H43N3O5/c36-24-27-22-26(16-17-30(27)37)31(38)23-33-18-7-1-2-8-19-40-20-9-6-11-25-12-10-15-29(21-25)35-32(39)34-28-13-4-3-5-14-28/h3-5,10,12-17,21-22,31,33,36-38H,1-2,6-9,11,18-20,23-24H2,(H2,34,35,39)/t31-/m0/s1. The molecule has 0 aliphatic rings. The molecule has 40 heavy (non-hydrogen) atoms. The van der Waals surface area contributed by atoms with Crippen molar-refractivity contribution in [1.82, 2.24) is 5.32 Å². The second kappa shape index (κ2) is 18.0. The van der Waals surface area contributed by atoms with Gasteiger partial charge in [-0.15, -0.1) is 0 Å². The summed E-state index contributed by atoms with van der Waals surface area (Å²) in [5.41, 5.74) is 3.83. The number of aromatic hydroxyl groups is 1. The number of urea groups is 1. The average Bonchev–Trinajstić information content (AvgIpc) is 2.96. The Morgan fingerprint density at radius 2 is 1.52 bits per heavy atom. The molecule has 0 aliphatic heterocycles. The van der Waals surface area contributed by atoms with E-state index in [1.807, 2.05) is 48.5 Å². The first kappa shape index (κ1) is 31.1. The molecule has 0 heterocycles. The highest BCUT2D eigenvalue weighted by Crippen LogP contribution is 2.22. The molecule has 0 saturated carbocycles. The Labute approximate surface area is 237 Å². The Morgan fingerprint density at radius 1 is 0.800 bits per heavy atom. The molecule has 0 spiro atoms. The van der Waals surface area contributed by atoms with E-state index in [1.54, 1.807) is 12.1 Å². The number of unbranched alkanes of at least 4 members (excludes halogenated alkanes) is 4. The van der Waals surface area contributed by atoms with E-state index < -0.39 is 6.10 Å². The van der Waals surface area contributed by atoms with Crippen molar-refractivity contribution in [1.29, 1.82) is 0 Å². The van der Waals surface area contributed by atoms with Gasteiger partial charge in [0, 0.05) is 36.7 Å². The minimum atomic E-state index is -0.675. The Morgan fingerprint density at radius 3 is 2.33 bits per heavy atom. The smallest absolute Gasteiger partial charge is 0.323 e. The average molecular weight is 550 g/mol. The zero-order valence-electron chi connectivity index (χ0n) is 23.1. The number of carbonyl (C=O) groups is 1. The minimum absolute atomic E-state index is 0.0393. The fraction of sp³-hybridized carbons (Fsp3) is 0.406. The molecule has 2 amide bonds. The number of amides is 2. The van der Waals surface area contributed by atoms with Crippen LogP contribution < -0.4 is 16.0 Å². The number of aryl methyl sites for hydroxylation is 1. The number of benzene rings is 3. The van der Waals surface area contributed by atoms with E-state index in [4.69, 9.17) is 4.74 Å². The number of ether oxygens (including phenoxy) is 1. The molecular weight excluding hydrogens is 506 g/mol. The molecule has 3 rings (SSSR count). The van der Waals surface area contributed by atoms with Crippen LogP contribution in [0.25, 0.3) is 0 Å². The van der Waals surface area contributed by atoms with Crippen LogP contribution in [0.5, 0.6) is 5.75 Å². The number of rotatable bonds is 18. The summed E-state index contributed by atoms with van der Waals surface area (Å²) in [6, 6.07) is 21.9. The van der Waals surface area contributed by atoms with E-state index >= 15 is 0 Å². The van der Waals surface area contributed by atoms with Gasteiger partial charge in [-0.25, -0.2) is 4.79 Å². The van der Waals surface area contributed by atoms with Gasteiger partial charge >= 0.3 is 6.03 Å². The molecule has 0 aliphatic carbocycles. The van der Waals surface area contributed by atoms with Crippen molar-refractivity contribution < 1.29 is 24.9 Å². The second-order valence-electron chi connectivity index (χ2n) is 9.90. The van der Waals surface area contributed by atoms with Gasteiger partial charge in [0.15, 0.2) is 0 Å². The summed E-state index contributed by atoms with van der Waals surface area (Å²) in [7, 11) is 0. The van der Waals surface area contributed by atoms with Crippen LogP contribution in [0.1, 0.15) is 61.3 Å². The minimum Gasteiger partial charge on any atom is -0.508 e. The molecule has 0 radical (unpaired) electrons. The van der Waals surface area contributed by atoms with Gasteiger partial charge in [-0.2, -0.15) is 0 Å². The molecule has 0 aromatic heterocycles. The predicted octanol–water partition coefficient (Wildman–Crippen LogP) is 5.75. The Balaban J connectivity index is 1.15. The molecule has 3 aromatic rings. The van der Waals surface area contributed by atoms with E-state index in [0.29, 0.717) is 17.7 Å². The first-order valence-corrected chi connectivity index (χ1v) is 14.2. The first-order chi connectivity index (χ1) is 19.5. The molecule has 216 valence electrons. The third-order valence-electron chi connectivity index (χ3n) is 6.61. The Kier molecular flexibility index (Phi) is 14.0.